The van der Waals surface area contributed by atoms with Gasteiger partial charge in [0.15, 0.2) is 0 Å². The Morgan fingerprint density at radius 1 is 1.26 bits per heavy atom. The van der Waals surface area contributed by atoms with Crippen LogP contribution in [0.5, 0.6) is 0 Å². The van der Waals surface area contributed by atoms with Gasteiger partial charge in [0.2, 0.25) is 0 Å². The van der Waals surface area contributed by atoms with Gasteiger partial charge in [0.1, 0.15) is 0 Å². The first-order valence-electron chi connectivity index (χ1n) is 7.04. The van der Waals surface area contributed by atoms with E-state index in [1.54, 1.807) is 0 Å². The van der Waals surface area contributed by atoms with Crippen molar-refractivity contribution in [2.45, 2.75) is 26.7 Å². The van der Waals surface area contributed by atoms with E-state index in [-0.39, 0.29) is 0 Å². The topological polar surface area (TPSA) is 43.8 Å². The van der Waals surface area contributed by atoms with Crippen molar-refractivity contribution in [1.82, 2.24) is 0 Å². The molecular formula is C15H22N2O2. The molecule has 0 saturated carbocycles. The van der Waals surface area contributed by atoms with Crippen molar-refractivity contribution in [2.75, 3.05) is 36.0 Å². The molecule has 0 spiro atoms. The molecule has 4 heteroatoms. The lowest BCUT2D eigenvalue weighted by Crippen LogP contribution is -2.25. The van der Waals surface area contributed by atoms with Crippen molar-refractivity contribution in [2.24, 2.45) is 0 Å². The fourth-order valence-electron chi connectivity index (χ4n) is 2.71. The number of hydrogen-bond donors (Lipinski definition) is 1. The molecule has 0 atom stereocenters. The van der Waals surface area contributed by atoms with Crippen LogP contribution < -0.4 is 9.80 Å². The minimum absolute atomic E-state index is 0.410. The van der Waals surface area contributed by atoms with E-state index in [4.69, 9.17) is 0 Å². The smallest absolute Gasteiger partial charge is 0.337 e. The van der Waals surface area contributed by atoms with Gasteiger partial charge in [-0.1, -0.05) is 0 Å². The van der Waals surface area contributed by atoms with E-state index in [1.807, 2.05) is 32.0 Å². The second-order valence-corrected chi connectivity index (χ2v) is 4.87. The average Bonchev–Trinajstić information content (AvgIpc) is 2.94. The Morgan fingerprint density at radius 3 is 2.42 bits per heavy atom. The van der Waals surface area contributed by atoms with E-state index in [1.165, 1.54) is 12.8 Å². The number of anilines is 2. The Bertz CT molecular complexity index is 449. The van der Waals surface area contributed by atoms with Crippen LogP contribution in [0.1, 0.15) is 37.0 Å². The van der Waals surface area contributed by atoms with Crippen LogP contribution in [0.2, 0.25) is 0 Å². The SMILES string of the molecule is CCN(CC)c1ccc(N2CCCC2)cc1C(=O)O. The highest BCUT2D eigenvalue weighted by Crippen LogP contribution is 2.28. The molecule has 1 saturated heterocycles. The third-order valence-corrected chi connectivity index (χ3v) is 3.79. The van der Waals surface area contributed by atoms with Gasteiger partial charge in [0.25, 0.3) is 0 Å². The summed E-state index contributed by atoms with van der Waals surface area (Å²) in [6.45, 7) is 7.79. The number of nitrogens with zero attached hydrogens (tertiary/aromatic N) is 2. The summed E-state index contributed by atoms with van der Waals surface area (Å²) in [6, 6.07) is 5.82. The first-order chi connectivity index (χ1) is 9.17. The monoisotopic (exact) mass is 262 g/mol. The summed E-state index contributed by atoms with van der Waals surface area (Å²) in [4.78, 5) is 15.8. The van der Waals surface area contributed by atoms with Gasteiger partial charge in [-0.3, -0.25) is 0 Å². The highest BCUT2D eigenvalue weighted by molar-refractivity contribution is 5.95. The summed E-state index contributed by atoms with van der Waals surface area (Å²) in [5, 5.41) is 9.43. The first-order valence-corrected chi connectivity index (χ1v) is 7.04. The molecule has 0 amide bonds. The number of hydrogen-bond acceptors (Lipinski definition) is 3. The molecule has 1 aliphatic heterocycles. The van der Waals surface area contributed by atoms with Crippen molar-refractivity contribution in [3.63, 3.8) is 0 Å². The van der Waals surface area contributed by atoms with Gasteiger partial charge in [0, 0.05) is 31.9 Å². The lowest BCUT2D eigenvalue weighted by molar-refractivity contribution is 0.0697. The Hall–Kier alpha value is -1.71. The van der Waals surface area contributed by atoms with Crippen LogP contribution in [0.3, 0.4) is 0 Å². The number of carbonyl (C=O) groups is 1. The van der Waals surface area contributed by atoms with Gasteiger partial charge in [0.05, 0.1) is 11.3 Å². The lowest BCUT2D eigenvalue weighted by Gasteiger charge is -2.25. The second kappa shape index (κ2) is 5.95. The zero-order valence-electron chi connectivity index (χ0n) is 11.7. The molecule has 1 aromatic carbocycles. The molecule has 104 valence electrons. The molecule has 0 bridgehead atoms. The lowest BCUT2D eigenvalue weighted by atomic mass is 10.1. The van der Waals surface area contributed by atoms with E-state index in [9.17, 15) is 9.90 Å². The van der Waals surface area contributed by atoms with Crippen LogP contribution in [0.15, 0.2) is 18.2 Å². The van der Waals surface area contributed by atoms with Gasteiger partial charge in [-0.2, -0.15) is 0 Å². The van der Waals surface area contributed by atoms with E-state index in [2.05, 4.69) is 9.80 Å². The molecule has 0 radical (unpaired) electrons. The second-order valence-electron chi connectivity index (χ2n) is 4.87. The van der Waals surface area contributed by atoms with Crippen LogP contribution in [0, 0.1) is 0 Å². The Labute approximate surface area is 114 Å². The van der Waals surface area contributed by atoms with Crippen LogP contribution in [0.4, 0.5) is 11.4 Å². The first kappa shape index (κ1) is 13.7. The molecule has 19 heavy (non-hydrogen) atoms. The van der Waals surface area contributed by atoms with E-state index in [0.717, 1.165) is 37.6 Å². The third-order valence-electron chi connectivity index (χ3n) is 3.79. The molecule has 4 nitrogen and oxygen atoms in total. The average molecular weight is 262 g/mol. The van der Waals surface area contributed by atoms with Gasteiger partial charge >= 0.3 is 5.97 Å². The zero-order valence-corrected chi connectivity index (χ0v) is 11.7. The standard InChI is InChI=1S/C15H22N2O2/c1-3-16(4-2)14-8-7-12(11-13(14)15(18)19)17-9-5-6-10-17/h7-8,11H,3-6,9-10H2,1-2H3,(H,18,19). The van der Waals surface area contributed by atoms with E-state index < -0.39 is 5.97 Å². The largest absolute Gasteiger partial charge is 0.478 e. The Morgan fingerprint density at radius 2 is 1.89 bits per heavy atom. The maximum atomic E-state index is 11.5. The van der Waals surface area contributed by atoms with E-state index in [0.29, 0.717) is 5.56 Å². The van der Waals surface area contributed by atoms with Crippen LogP contribution in [0.25, 0.3) is 0 Å². The normalized spacial score (nSPS) is 14.7. The molecule has 0 unspecified atom stereocenters. The van der Waals surface area contributed by atoms with Gasteiger partial charge in [-0.25, -0.2) is 4.79 Å². The highest BCUT2D eigenvalue weighted by atomic mass is 16.4. The quantitative estimate of drug-likeness (QED) is 0.886. The molecule has 1 N–H and O–H groups in total. The summed E-state index contributed by atoms with van der Waals surface area (Å²) in [5.74, 6) is -0.844. The molecule has 1 aliphatic rings. The molecule has 0 aliphatic carbocycles. The third kappa shape index (κ3) is 2.83. The Balaban J connectivity index is 2.37. The molecule has 2 rings (SSSR count). The predicted octanol–water partition coefficient (Wildman–Crippen LogP) is 2.83. The maximum absolute atomic E-state index is 11.5. The predicted molar refractivity (Wildman–Crippen MR) is 78.4 cm³/mol. The van der Waals surface area contributed by atoms with Crippen LogP contribution in [-0.4, -0.2) is 37.3 Å². The van der Waals surface area contributed by atoms with Crippen molar-refractivity contribution in [3.05, 3.63) is 23.8 Å². The fraction of sp³-hybridized carbons (Fsp3) is 0.533. The van der Waals surface area contributed by atoms with Crippen molar-refractivity contribution in [3.8, 4) is 0 Å². The highest BCUT2D eigenvalue weighted by Gasteiger charge is 2.18. The fourth-order valence-corrected chi connectivity index (χ4v) is 2.71. The van der Waals surface area contributed by atoms with Crippen molar-refractivity contribution in [1.29, 1.82) is 0 Å². The van der Waals surface area contributed by atoms with Crippen molar-refractivity contribution < 1.29 is 9.90 Å². The van der Waals surface area contributed by atoms with Crippen molar-refractivity contribution >= 4 is 17.3 Å². The van der Waals surface area contributed by atoms with Gasteiger partial charge < -0.3 is 14.9 Å². The molecule has 1 aromatic rings. The van der Waals surface area contributed by atoms with Crippen LogP contribution >= 0.6 is 0 Å². The summed E-state index contributed by atoms with van der Waals surface area (Å²) in [5.41, 5.74) is 2.26. The molecular weight excluding hydrogens is 240 g/mol. The number of benzene rings is 1. The number of carboxylic acids is 1. The minimum Gasteiger partial charge on any atom is -0.478 e. The summed E-state index contributed by atoms with van der Waals surface area (Å²) < 4.78 is 0. The summed E-state index contributed by atoms with van der Waals surface area (Å²) >= 11 is 0. The Kier molecular flexibility index (Phi) is 4.30. The van der Waals surface area contributed by atoms with Gasteiger partial charge in [-0.15, -0.1) is 0 Å². The van der Waals surface area contributed by atoms with E-state index >= 15 is 0 Å². The van der Waals surface area contributed by atoms with Crippen LogP contribution in [-0.2, 0) is 0 Å². The minimum atomic E-state index is -0.844. The molecule has 0 aromatic heterocycles. The summed E-state index contributed by atoms with van der Waals surface area (Å²) in [6.07, 6.45) is 2.39. The maximum Gasteiger partial charge on any atom is 0.337 e. The van der Waals surface area contributed by atoms with Gasteiger partial charge in [-0.05, 0) is 44.9 Å². The zero-order chi connectivity index (χ0) is 13.8. The number of rotatable bonds is 5. The molecule has 1 fully saturated rings. The summed E-state index contributed by atoms with van der Waals surface area (Å²) in [7, 11) is 0. The number of aromatic carboxylic acids is 1. The number of carboxylic acid groups (broad SMARTS) is 1. The molecule has 1 heterocycles.